The molecule has 140 valence electrons. The van der Waals surface area contributed by atoms with E-state index in [4.69, 9.17) is 9.47 Å². The lowest BCUT2D eigenvalue weighted by Crippen LogP contribution is -2.52. The molecule has 1 saturated heterocycles. The average molecular weight is 366 g/mol. The zero-order valence-corrected chi connectivity index (χ0v) is 15.3. The number of hydrogen-bond donors (Lipinski definition) is 0. The van der Waals surface area contributed by atoms with Crippen LogP contribution >= 0.6 is 0 Å². The maximum atomic E-state index is 13.4. The first-order valence-corrected chi connectivity index (χ1v) is 9.25. The number of benzene rings is 2. The summed E-state index contributed by atoms with van der Waals surface area (Å²) in [6, 6.07) is 15.4. The van der Waals surface area contributed by atoms with E-state index >= 15 is 0 Å². The van der Waals surface area contributed by atoms with Crippen LogP contribution in [0.1, 0.15) is 24.0 Å². The highest BCUT2D eigenvalue weighted by atomic mass is 16.6. The van der Waals surface area contributed by atoms with Crippen LogP contribution in [-0.2, 0) is 9.53 Å². The van der Waals surface area contributed by atoms with Crippen molar-refractivity contribution < 1.29 is 19.1 Å². The third kappa shape index (κ3) is 3.23. The van der Waals surface area contributed by atoms with E-state index < -0.39 is 0 Å². The highest BCUT2D eigenvalue weighted by Crippen LogP contribution is 2.44. The first-order chi connectivity index (χ1) is 13.2. The maximum absolute atomic E-state index is 13.4. The number of hydrogen-bond acceptors (Lipinski definition) is 4. The van der Waals surface area contributed by atoms with Crippen molar-refractivity contribution >= 4 is 12.0 Å². The summed E-state index contributed by atoms with van der Waals surface area (Å²) in [6.45, 7) is 4.11. The average Bonchev–Trinajstić information content (AvgIpc) is 2.72. The molecule has 0 radical (unpaired) electrons. The van der Waals surface area contributed by atoms with E-state index in [0.717, 1.165) is 22.6 Å². The number of rotatable bonds is 2. The van der Waals surface area contributed by atoms with E-state index in [1.807, 2.05) is 53.4 Å². The third-order valence-corrected chi connectivity index (χ3v) is 5.04. The van der Waals surface area contributed by atoms with Crippen LogP contribution in [0.5, 0.6) is 11.5 Å². The van der Waals surface area contributed by atoms with Gasteiger partial charge in [-0.25, -0.2) is 4.79 Å². The van der Waals surface area contributed by atoms with Gasteiger partial charge in [-0.2, -0.15) is 0 Å². The van der Waals surface area contributed by atoms with Crippen LogP contribution in [0.25, 0.3) is 0 Å². The van der Waals surface area contributed by atoms with Gasteiger partial charge in [-0.15, -0.1) is 0 Å². The standard InChI is InChI=1S/C21H22N2O4/c1-2-26-21(25)23-13-11-22(12-14-23)20(24)19-15-7-3-5-9-17(15)27-18-10-6-4-8-16(18)19/h3-10,19H,2,11-14H2,1H3. The lowest BCUT2D eigenvalue weighted by Gasteiger charge is -2.37. The Bertz CT molecular complexity index is 813. The summed E-state index contributed by atoms with van der Waals surface area (Å²) >= 11 is 0. The summed E-state index contributed by atoms with van der Waals surface area (Å²) in [4.78, 5) is 28.8. The van der Waals surface area contributed by atoms with Gasteiger partial charge >= 0.3 is 6.09 Å². The molecule has 2 aromatic carbocycles. The molecule has 2 aromatic rings. The van der Waals surface area contributed by atoms with E-state index in [0.29, 0.717) is 32.8 Å². The van der Waals surface area contributed by atoms with Crippen molar-refractivity contribution in [2.75, 3.05) is 32.8 Å². The second kappa shape index (κ2) is 7.31. The second-order valence-corrected chi connectivity index (χ2v) is 6.62. The van der Waals surface area contributed by atoms with E-state index in [1.165, 1.54) is 0 Å². The molecule has 0 spiro atoms. The SMILES string of the molecule is CCOC(=O)N1CCN(C(=O)C2c3ccccc3Oc3ccccc32)CC1. The van der Waals surface area contributed by atoms with Crippen molar-refractivity contribution in [2.45, 2.75) is 12.8 Å². The van der Waals surface area contributed by atoms with Gasteiger partial charge in [0, 0.05) is 37.3 Å². The van der Waals surface area contributed by atoms with Gasteiger partial charge in [0.05, 0.1) is 12.5 Å². The molecule has 27 heavy (non-hydrogen) atoms. The molecule has 0 atom stereocenters. The molecule has 0 N–H and O–H groups in total. The van der Waals surface area contributed by atoms with Gasteiger partial charge in [-0.1, -0.05) is 36.4 Å². The summed E-state index contributed by atoms with van der Waals surface area (Å²) in [7, 11) is 0. The zero-order valence-electron chi connectivity index (χ0n) is 15.3. The zero-order chi connectivity index (χ0) is 18.8. The Kier molecular flexibility index (Phi) is 4.71. The minimum Gasteiger partial charge on any atom is -0.457 e. The highest BCUT2D eigenvalue weighted by Gasteiger charge is 2.36. The van der Waals surface area contributed by atoms with Gasteiger partial charge in [-0.3, -0.25) is 4.79 Å². The Morgan fingerprint density at radius 3 is 2.00 bits per heavy atom. The molecular weight excluding hydrogens is 344 g/mol. The lowest BCUT2D eigenvalue weighted by atomic mass is 9.86. The van der Waals surface area contributed by atoms with Gasteiger partial charge in [0.1, 0.15) is 11.5 Å². The molecule has 0 bridgehead atoms. The van der Waals surface area contributed by atoms with Crippen molar-refractivity contribution in [1.82, 2.24) is 9.80 Å². The largest absolute Gasteiger partial charge is 0.457 e. The van der Waals surface area contributed by atoms with Crippen LogP contribution in [0.3, 0.4) is 0 Å². The van der Waals surface area contributed by atoms with Crippen LogP contribution in [0, 0.1) is 0 Å². The van der Waals surface area contributed by atoms with Crippen LogP contribution in [0.2, 0.25) is 0 Å². The summed E-state index contributed by atoms with van der Waals surface area (Å²) in [5, 5.41) is 0. The van der Waals surface area contributed by atoms with Gasteiger partial charge < -0.3 is 19.3 Å². The number of carbonyl (C=O) groups excluding carboxylic acids is 2. The normalized spacial score (nSPS) is 16.2. The number of fused-ring (bicyclic) bond motifs is 2. The van der Waals surface area contributed by atoms with E-state index in [-0.39, 0.29) is 17.9 Å². The molecule has 0 aliphatic carbocycles. The van der Waals surface area contributed by atoms with Crippen LogP contribution in [0.15, 0.2) is 48.5 Å². The Morgan fingerprint density at radius 1 is 0.926 bits per heavy atom. The quantitative estimate of drug-likeness (QED) is 0.819. The first-order valence-electron chi connectivity index (χ1n) is 9.25. The summed E-state index contributed by atoms with van der Waals surface area (Å²) in [5.41, 5.74) is 1.77. The molecule has 6 nitrogen and oxygen atoms in total. The van der Waals surface area contributed by atoms with Crippen LogP contribution < -0.4 is 4.74 Å². The minimum absolute atomic E-state index is 0.0432. The minimum atomic E-state index is -0.389. The fourth-order valence-electron chi connectivity index (χ4n) is 3.68. The maximum Gasteiger partial charge on any atom is 0.409 e. The number of ether oxygens (including phenoxy) is 2. The highest BCUT2D eigenvalue weighted by molar-refractivity contribution is 5.90. The predicted molar refractivity (Wildman–Crippen MR) is 100.0 cm³/mol. The summed E-state index contributed by atoms with van der Waals surface area (Å²) in [6.07, 6.45) is -0.314. The molecule has 0 saturated carbocycles. The Balaban J connectivity index is 1.57. The molecule has 2 heterocycles. The van der Waals surface area contributed by atoms with Crippen LogP contribution in [-0.4, -0.2) is 54.6 Å². The predicted octanol–water partition coefficient (Wildman–Crippen LogP) is 3.22. The Labute approximate surface area is 158 Å². The Hall–Kier alpha value is -3.02. The topological polar surface area (TPSA) is 59.1 Å². The van der Waals surface area contributed by atoms with E-state index in [2.05, 4.69) is 0 Å². The van der Waals surface area contributed by atoms with E-state index in [1.54, 1.807) is 11.8 Å². The second-order valence-electron chi connectivity index (χ2n) is 6.62. The molecule has 2 amide bonds. The molecule has 0 unspecified atom stereocenters. The van der Waals surface area contributed by atoms with Crippen LogP contribution in [0.4, 0.5) is 4.79 Å². The monoisotopic (exact) mass is 366 g/mol. The molecular formula is C21H22N2O4. The number of piperazine rings is 1. The first kappa shape index (κ1) is 17.4. The summed E-state index contributed by atoms with van der Waals surface area (Å²) in [5.74, 6) is 1.10. The van der Waals surface area contributed by atoms with Crippen molar-refractivity contribution in [2.24, 2.45) is 0 Å². The lowest BCUT2D eigenvalue weighted by molar-refractivity contribution is -0.133. The smallest absolute Gasteiger partial charge is 0.409 e. The molecule has 0 aromatic heterocycles. The van der Waals surface area contributed by atoms with Crippen molar-refractivity contribution in [3.8, 4) is 11.5 Å². The Morgan fingerprint density at radius 2 is 1.44 bits per heavy atom. The van der Waals surface area contributed by atoms with E-state index in [9.17, 15) is 9.59 Å². The van der Waals surface area contributed by atoms with Crippen molar-refractivity contribution in [3.63, 3.8) is 0 Å². The van der Waals surface area contributed by atoms with Gasteiger partial charge in [0.2, 0.25) is 5.91 Å². The number of para-hydroxylation sites is 2. The fraction of sp³-hybridized carbons (Fsp3) is 0.333. The molecule has 6 heteroatoms. The summed E-state index contributed by atoms with van der Waals surface area (Å²) < 4.78 is 11.0. The number of amides is 2. The number of carbonyl (C=O) groups is 2. The van der Waals surface area contributed by atoms with Crippen molar-refractivity contribution in [1.29, 1.82) is 0 Å². The molecule has 1 fully saturated rings. The van der Waals surface area contributed by atoms with Crippen molar-refractivity contribution in [3.05, 3.63) is 59.7 Å². The molecule has 2 aliphatic rings. The molecule has 4 rings (SSSR count). The molecule has 2 aliphatic heterocycles. The fourth-order valence-corrected chi connectivity index (χ4v) is 3.68. The van der Waals surface area contributed by atoms with Gasteiger partial charge in [-0.05, 0) is 19.1 Å². The van der Waals surface area contributed by atoms with Gasteiger partial charge in [0.15, 0.2) is 0 Å². The number of nitrogens with zero attached hydrogens (tertiary/aromatic N) is 2. The van der Waals surface area contributed by atoms with Gasteiger partial charge in [0.25, 0.3) is 0 Å². The third-order valence-electron chi connectivity index (χ3n) is 5.04.